The smallest absolute Gasteiger partial charge is 0.274 e. The highest BCUT2D eigenvalue weighted by Crippen LogP contribution is 2.30. The second kappa shape index (κ2) is 9.83. The van der Waals surface area contributed by atoms with Gasteiger partial charge >= 0.3 is 0 Å². The second-order valence-corrected chi connectivity index (χ2v) is 10.0. The van der Waals surface area contributed by atoms with E-state index in [-0.39, 0.29) is 11.6 Å². The lowest BCUT2D eigenvalue weighted by Gasteiger charge is -2.36. The number of nitrogens with zero attached hydrogens (tertiary/aromatic N) is 3. The van der Waals surface area contributed by atoms with Gasteiger partial charge in [0.15, 0.2) is 0 Å². The Kier molecular flexibility index (Phi) is 6.66. The summed E-state index contributed by atoms with van der Waals surface area (Å²) < 4.78 is 8.03. The van der Waals surface area contributed by atoms with Crippen molar-refractivity contribution in [2.45, 2.75) is 24.8 Å². The van der Waals surface area contributed by atoms with Crippen molar-refractivity contribution >= 4 is 27.4 Å². The Labute approximate surface area is 202 Å². The summed E-state index contributed by atoms with van der Waals surface area (Å²) in [4.78, 5) is 19.7. The Bertz CT molecular complexity index is 1160. The fourth-order valence-corrected chi connectivity index (χ4v) is 5.32. The summed E-state index contributed by atoms with van der Waals surface area (Å²) in [6, 6.07) is 14.3. The molecule has 2 N–H and O–H groups in total. The summed E-state index contributed by atoms with van der Waals surface area (Å²) in [6.45, 7) is 4.82. The number of likely N-dealkylation sites (N-methyl/N-ethyl adjacent to an activating group) is 1. The SMILES string of the molecule is CN1C[C@H](Nc2nc3ccccn3c(=O)c2Br)C[C@H](c2ccc(OCC3CCNC3)cc2)C1. The molecule has 174 valence electrons. The number of piperidine rings is 1. The topological polar surface area (TPSA) is 70.9 Å². The minimum absolute atomic E-state index is 0.104. The van der Waals surface area contributed by atoms with Crippen LogP contribution in [0.1, 0.15) is 24.3 Å². The second-order valence-electron chi connectivity index (χ2n) is 9.24. The Balaban J connectivity index is 1.27. The molecule has 5 rings (SSSR count). The van der Waals surface area contributed by atoms with Crippen molar-refractivity contribution in [1.82, 2.24) is 19.6 Å². The van der Waals surface area contributed by atoms with Crippen LogP contribution in [0.15, 0.2) is 57.9 Å². The summed E-state index contributed by atoms with van der Waals surface area (Å²) in [5.74, 6) is 2.55. The van der Waals surface area contributed by atoms with E-state index in [1.54, 1.807) is 10.6 Å². The average Bonchev–Trinajstić information content (AvgIpc) is 3.35. The first-order valence-electron chi connectivity index (χ1n) is 11.6. The van der Waals surface area contributed by atoms with Gasteiger partial charge in [-0.2, -0.15) is 0 Å². The summed E-state index contributed by atoms with van der Waals surface area (Å²) in [5, 5.41) is 6.92. The fourth-order valence-electron chi connectivity index (χ4n) is 4.93. The number of anilines is 1. The fraction of sp³-hybridized carbons (Fsp3) is 0.440. The molecule has 8 heteroatoms. The highest BCUT2D eigenvalue weighted by atomic mass is 79.9. The van der Waals surface area contributed by atoms with Crippen molar-refractivity contribution in [2.75, 3.05) is 45.2 Å². The standard InChI is InChI=1S/C25H30BrN5O2/c1-30-14-19(18-5-7-21(8-6-18)33-16-17-9-10-27-13-17)12-20(15-30)28-24-23(26)25(32)31-11-3-2-4-22(31)29-24/h2-8,11,17,19-20,27-28H,9-10,12-16H2,1H3/t17?,19-,20+/m0/s1. The zero-order valence-corrected chi connectivity index (χ0v) is 20.4. The first kappa shape index (κ1) is 22.4. The lowest BCUT2D eigenvalue weighted by molar-refractivity contribution is 0.235. The lowest BCUT2D eigenvalue weighted by atomic mass is 9.88. The molecule has 1 unspecified atom stereocenters. The van der Waals surface area contributed by atoms with Crippen LogP contribution in [-0.4, -0.2) is 60.2 Å². The van der Waals surface area contributed by atoms with Crippen LogP contribution >= 0.6 is 15.9 Å². The van der Waals surface area contributed by atoms with E-state index in [0.29, 0.717) is 27.8 Å². The van der Waals surface area contributed by atoms with Gasteiger partial charge in [0.1, 0.15) is 21.7 Å². The van der Waals surface area contributed by atoms with Gasteiger partial charge in [-0.25, -0.2) is 4.98 Å². The van der Waals surface area contributed by atoms with Gasteiger partial charge in [0, 0.05) is 37.8 Å². The van der Waals surface area contributed by atoms with Gasteiger partial charge in [-0.05, 0) is 78.1 Å². The molecule has 1 aromatic carbocycles. The van der Waals surface area contributed by atoms with E-state index in [0.717, 1.165) is 45.0 Å². The predicted molar refractivity (Wildman–Crippen MR) is 134 cm³/mol. The molecule has 0 saturated carbocycles. The predicted octanol–water partition coefficient (Wildman–Crippen LogP) is 3.35. The van der Waals surface area contributed by atoms with Gasteiger partial charge < -0.3 is 20.3 Å². The number of rotatable bonds is 6. The number of ether oxygens (including phenoxy) is 1. The van der Waals surface area contributed by atoms with E-state index in [1.165, 1.54) is 12.0 Å². The molecule has 0 bridgehead atoms. The molecule has 0 spiro atoms. The van der Waals surface area contributed by atoms with E-state index in [4.69, 9.17) is 4.74 Å². The van der Waals surface area contributed by atoms with Crippen LogP contribution in [0.5, 0.6) is 5.75 Å². The van der Waals surface area contributed by atoms with Crippen molar-refractivity contribution in [3.63, 3.8) is 0 Å². The summed E-state index contributed by atoms with van der Waals surface area (Å²) in [6.07, 6.45) is 3.90. The molecule has 3 atom stereocenters. The van der Waals surface area contributed by atoms with E-state index in [1.807, 2.05) is 18.2 Å². The number of hydrogen-bond donors (Lipinski definition) is 2. The van der Waals surface area contributed by atoms with Gasteiger partial charge in [0.2, 0.25) is 0 Å². The number of likely N-dealkylation sites (tertiary alicyclic amines) is 1. The highest BCUT2D eigenvalue weighted by molar-refractivity contribution is 9.10. The first-order chi connectivity index (χ1) is 16.1. The van der Waals surface area contributed by atoms with Crippen LogP contribution in [0, 0.1) is 5.92 Å². The Morgan fingerprint density at radius 1 is 1.21 bits per heavy atom. The van der Waals surface area contributed by atoms with Crippen LogP contribution in [0.4, 0.5) is 5.82 Å². The molecular formula is C25H30BrN5O2. The summed E-state index contributed by atoms with van der Waals surface area (Å²) in [7, 11) is 2.14. The molecule has 3 aromatic rings. The van der Waals surface area contributed by atoms with Crippen LogP contribution < -0.4 is 20.9 Å². The molecule has 2 aliphatic heterocycles. The van der Waals surface area contributed by atoms with E-state index >= 15 is 0 Å². The monoisotopic (exact) mass is 511 g/mol. The Morgan fingerprint density at radius 3 is 2.85 bits per heavy atom. The zero-order valence-electron chi connectivity index (χ0n) is 18.8. The largest absolute Gasteiger partial charge is 0.493 e. The van der Waals surface area contributed by atoms with Gasteiger partial charge in [-0.15, -0.1) is 0 Å². The lowest BCUT2D eigenvalue weighted by Crippen LogP contribution is -2.43. The summed E-state index contributed by atoms with van der Waals surface area (Å²) in [5.41, 5.74) is 1.85. The van der Waals surface area contributed by atoms with E-state index in [9.17, 15) is 4.79 Å². The van der Waals surface area contributed by atoms with Crippen LogP contribution in [0.2, 0.25) is 0 Å². The molecule has 2 aliphatic rings. The maximum Gasteiger partial charge on any atom is 0.274 e. The molecule has 2 saturated heterocycles. The minimum Gasteiger partial charge on any atom is -0.493 e. The van der Waals surface area contributed by atoms with Crippen LogP contribution in [0.25, 0.3) is 5.65 Å². The van der Waals surface area contributed by atoms with Crippen molar-refractivity contribution in [2.24, 2.45) is 5.92 Å². The quantitative estimate of drug-likeness (QED) is 0.528. The van der Waals surface area contributed by atoms with E-state index in [2.05, 4.69) is 67.8 Å². The number of hydrogen-bond acceptors (Lipinski definition) is 6. The van der Waals surface area contributed by atoms with Crippen molar-refractivity contribution in [3.8, 4) is 5.75 Å². The van der Waals surface area contributed by atoms with Crippen molar-refractivity contribution in [3.05, 3.63) is 69.1 Å². The highest BCUT2D eigenvalue weighted by Gasteiger charge is 2.27. The van der Waals surface area contributed by atoms with Gasteiger partial charge in [-0.3, -0.25) is 9.20 Å². The molecule has 0 aliphatic carbocycles. The third-order valence-electron chi connectivity index (χ3n) is 6.65. The Hall–Kier alpha value is -2.42. The zero-order chi connectivity index (χ0) is 22.8. The van der Waals surface area contributed by atoms with Crippen LogP contribution in [0.3, 0.4) is 0 Å². The van der Waals surface area contributed by atoms with Crippen molar-refractivity contribution in [1.29, 1.82) is 0 Å². The van der Waals surface area contributed by atoms with E-state index < -0.39 is 0 Å². The average molecular weight is 512 g/mol. The Morgan fingerprint density at radius 2 is 2.06 bits per heavy atom. The number of aromatic nitrogens is 2. The third-order valence-corrected chi connectivity index (χ3v) is 7.37. The number of halogens is 1. The molecular weight excluding hydrogens is 482 g/mol. The molecule has 0 radical (unpaired) electrons. The molecule has 2 fully saturated rings. The number of benzene rings is 1. The maximum atomic E-state index is 12.7. The van der Waals surface area contributed by atoms with Gasteiger partial charge in [0.25, 0.3) is 5.56 Å². The maximum absolute atomic E-state index is 12.7. The molecule has 0 amide bonds. The number of pyridine rings is 1. The molecule has 2 aromatic heterocycles. The molecule has 4 heterocycles. The van der Waals surface area contributed by atoms with Gasteiger partial charge in [0.05, 0.1) is 6.61 Å². The number of nitrogens with one attached hydrogen (secondary N) is 2. The molecule has 7 nitrogen and oxygen atoms in total. The molecule has 33 heavy (non-hydrogen) atoms. The summed E-state index contributed by atoms with van der Waals surface area (Å²) >= 11 is 3.46. The first-order valence-corrected chi connectivity index (χ1v) is 12.4. The van der Waals surface area contributed by atoms with Crippen molar-refractivity contribution < 1.29 is 4.74 Å². The number of fused-ring (bicyclic) bond motifs is 1. The van der Waals surface area contributed by atoms with Crippen LogP contribution in [-0.2, 0) is 0 Å². The third kappa shape index (κ3) is 5.08. The van der Waals surface area contributed by atoms with Gasteiger partial charge in [-0.1, -0.05) is 18.2 Å². The minimum atomic E-state index is -0.104. The normalized spacial score (nSPS) is 23.6.